The predicted octanol–water partition coefficient (Wildman–Crippen LogP) is 2.56. The van der Waals surface area contributed by atoms with Crippen molar-refractivity contribution in [2.24, 2.45) is 0 Å². The standard InChI is InChI=1S/C12H11ClFN3/c13-10-3-4-12(14)9(6-10)7-15-8-11-2-1-5-16-17-11/h1-6,15H,7-8H2. The third kappa shape index (κ3) is 3.47. The van der Waals surface area contributed by atoms with E-state index in [4.69, 9.17) is 11.6 Å². The van der Waals surface area contributed by atoms with Crippen LogP contribution in [0.15, 0.2) is 36.5 Å². The highest BCUT2D eigenvalue weighted by molar-refractivity contribution is 6.30. The second kappa shape index (κ2) is 5.70. The highest BCUT2D eigenvalue weighted by Crippen LogP contribution is 2.14. The molecule has 2 rings (SSSR count). The zero-order chi connectivity index (χ0) is 12.1. The Morgan fingerprint density at radius 2 is 2.12 bits per heavy atom. The molecule has 1 N–H and O–H groups in total. The van der Waals surface area contributed by atoms with Crippen LogP contribution >= 0.6 is 11.6 Å². The summed E-state index contributed by atoms with van der Waals surface area (Å²) < 4.78 is 13.4. The Bertz CT molecular complexity index is 490. The Morgan fingerprint density at radius 1 is 1.24 bits per heavy atom. The van der Waals surface area contributed by atoms with Gasteiger partial charge in [-0.25, -0.2) is 4.39 Å². The van der Waals surface area contributed by atoms with Crippen molar-refractivity contribution >= 4 is 11.6 Å². The fourth-order valence-corrected chi connectivity index (χ4v) is 1.63. The third-order valence-corrected chi connectivity index (χ3v) is 2.49. The molecule has 5 heteroatoms. The Morgan fingerprint density at radius 3 is 2.88 bits per heavy atom. The molecule has 0 saturated carbocycles. The molecular weight excluding hydrogens is 241 g/mol. The minimum absolute atomic E-state index is 0.263. The van der Waals surface area contributed by atoms with Gasteiger partial charge in [0.1, 0.15) is 5.82 Å². The van der Waals surface area contributed by atoms with Gasteiger partial charge in [-0.1, -0.05) is 11.6 Å². The minimum atomic E-state index is -0.263. The van der Waals surface area contributed by atoms with Crippen molar-refractivity contribution in [3.05, 3.63) is 58.6 Å². The topological polar surface area (TPSA) is 37.8 Å². The quantitative estimate of drug-likeness (QED) is 0.908. The average Bonchev–Trinajstić information content (AvgIpc) is 2.35. The number of benzene rings is 1. The maximum absolute atomic E-state index is 13.4. The first-order chi connectivity index (χ1) is 8.25. The number of nitrogens with one attached hydrogen (secondary N) is 1. The van der Waals surface area contributed by atoms with E-state index in [1.165, 1.54) is 12.1 Å². The average molecular weight is 252 g/mol. The normalized spacial score (nSPS) is 10.5. The van der Waals surface area contributed by atoms with Crippen LogP contribution in [0.1, 0.15) is 11.3 Å². The number of rotatable bonds is 4. The summed E-state index contributed by atoms with van der Waals surface area (Å²) in [6.07, 6.45) is 1.61. The van der Waals surface area contributed by atoms with Gasteiger partial charge in [0, 0.05) is 29.9 Å². The van der Waals surface area contributed by atoms with Crippen molar-refractivity contribution in [3.8, 4) is 0 Å². The SMILES string of the molecule is Fc1ccc(Cl)cc1CNCc1cccnn1. The molecule has 0 aliphatic rings. The minimum Gasteiger partial charge on any atom is -0.307 e. The Labute approximate surface area is 104 Å². The molecule has 0 fully saturated rings. The monoisotopic (exact) mass is 251 g/mol. The van der Waals surface area contributed by atoms with Gasteiger partial charge in [-0.15, -0.1) is 0 Å². The van der Waals surface area contributed by atoms with Crippen molar-refractivity contribution in [1.29, 1.82) is 0 Å². The molecule has 0 unspecified atom stereocenters. The lowest BCUT2D eigenvalue weighted by atomic mass is 10.2. The lowest BCUT2D eigenvalue weighted by molar-refractivity contribution is 0.584. The van der Waals surface area contributed by atoms with Crippen LogP contribution in [-0.2, 0) is 13.1 Å². The summed E-state index contributed by atoms with van der Waals surface area (Å²) in [4.78, 5) is 0. The number of aromatic nitrogens is 2. The Kier molecular flexibility index (Phi) is 4.01. The van der Waals surface area contributed by atoms with Crippen LogP contribution in [0, 0.1) is 5.82 Å². The summed E-state index contributed by atoms with van der Waals surface area (Å²) in [5.74, 6) is -0.263. The number of nitrogens with zero attached hydrogens (tertiary/aromatic N) is 2. The fourth-order valence-electron chi connectivity index (χ4n) is 1.43. The van der Waals surface area contributed by atoms with E-state index in [-0.39, 0.29) is 5.82 Å². The van der Waals surface area contributed by atoms with Crippen molar-refractivity contribution in [2.75, 3.05) is 0 Å². The maximum Gasteiger partial charge on any atom is 0.127 e. The van der Waals surface area contributed by atoms with E-state index in [0.29, 0.717) is 23.7 Å². The molecule has 0 bridgehead atoms. The van der Waals surface area contributed by atoms with Crippen LogP contribution in [0.4, 0.5) is 4.39 Å². The van der Waals surface area contributed by atoms with Crippen molar-refractivity contribution in [1.82, 2.24) is 15.5 Å². The summed E-state index contributed by atoms with van der Waals surface area (Å²) in [5, 5.41) is 11.3. The first-order valence-electron chi connectivity index (χ1n) is 5.17. The number of halogens is 2. The van der Waals surface area contributed by atoms with E-state index in [9.17, 15) is 4.39 Å². The molecule has 2 aromatic rings. The van der Waals surface area contributed by atoms with E-state index in [0.717, 1.165) is 5.69 Å². The molecule has 3 nitrogen and oxygen atoms in total. The molecule has 88 valence electrons. The summed E-state index contributed by atoms with van der Waals surface area (Å²) in [7, 11) is 0. The van der Waals surface area contributed by atoms with E-state index in [1.807, 2.05) is 12.1 Å². The second-order valence-corrected chi connectivity index (χ2v) is 3.99. The van der Waals surface area contributed by atoms with Gasteiger partial charge in [0.05, 0.1) is 5.69 Å². The number of hydrogen-bond donors (Lipinski definition) is 1. The highest BCUT2D eigenvalue weighted by Gasteiger charge is 2.02. The van der Waals surface area contributed by atoms with Gasteiger partial charge in [-0.05, 0) is 30.3 Å². The van der Waals surface area contributed by atoms with E-state index in [2.05, 4.69) is 15.5 Å². The van der Waals surface area contributed by atoms with Gasteiger partial charge in [0.15, 0.2) is 0 Å². The van der Waals surface area contributed by atoms with Crippen molar-refractivity contribution < 1.29 is 4.39 Å². The Hall–Kier alpha value is -1.52. The summed E-state index contributed by atoms with van der Waals surface area (Å²) >= 11 is 5.80. The van der Waals surface area contributed by atoms with Crippen molar-refractivity contribution in [3.63, 3.8) is 0 Å². The molecule has 1 heterocycles. The van der Waals surface area contributed by atoms with Gasteiger partial charge in [0.25, 0.3) is 0 Å². The van der Waals surface area contributed by atoms with Gasteiger partial charge >= 0.3 is 0 Å². The van der Waals surface area contributed by atoms with Gasteiger partial charge in [-0.2, -0.15) is 10.2 Å². The number of hydrogen-bond acceptors (Lipinski definition) is 3. The van der Waals surface area contributed by atoms with Crippen LogP contribution in [0.2, 0.25) is 5.02 Å². The summed E-state index contributed by atoms with van der Waals surface area (Å²) in [5.41, 5.74) is 1.36. The Balaban J connectivity index is 1.92. The fraction of sp³-hybridized carbons (Fsp3) is 0.167. The molecule has 0 aliphatic heterocycles. The maximum atomic E-state index is 13.4. The van der Waals surface area contributed by atoms with Gasteiger partial charge in [-0.3, -0.25) is 0 Å². The van der Waals surface area contributed by atoms with E-state index < -0.39 is 0 Å². The van der Waals surface area contributed by atoms with Gasteiger partial charge in [0.2, 0.25) is 0 Å². The van der Waals surface area contributed by atoms with Crippen LogP contribution in [-0.4, -0.2) is 10.2 Å². The zero-order valence-electron chi connectivity index (χ0n) is 9.03. The molecule has 0 atom stereocenters. The van der Waals surface area contributed by atoms with Crippen LogP contribution < -0.4 is 5.32 Å². The largest absolute Gasteiger partial charge is 0.307 e. The summed E-state index contributed by atoms with van der Waals surface area (Å²) in [6, 6.07) is 8.17. The molecule has 0 aliphatic carbocycles. The predicted molar refractivity (Wildman–Crippen MR) is 64.0 cm³/mol. The van der Waals surface area contributed by atoms with Gasteiger partial charge < -0.3 is 5.32 Å². The summed E-state index contributed by atoms with van der Waals surface area (Å²) in [6.45, 7) is 0.947. The molecule has 0 amide bonds. The molecule has 1 aromatic heterocycles. The van der Waals surface area contributed by atoms with Crippen LogP contribution in [0.25, 0.3) is 0 Å². The molecule has 0 spiro atoms. The third-order valence-electron chi connectivity index (χ3n) is 2.26. The first-order valence-corrected chi connectivity index (χ1v) is 5.55. The van der Waals surface area contributed by atoms with Crippen LogP contribution in [0.5, 0.6) is 0 Å². The molecule has 0 saturated heterocycles. The smallest absolute Gasteiger partial charge is 0.127 e. The molecular formula is C12H11ClFN3. The second-order valence-electron chi connectivity index (χ2n) is 3.55. The van der Waals surface area contributed by atoms with E-state index in [1.54, 1.807) is 12.3 Å². The van der Waals surface area contributed by atoms with E-state index >= 15 is 0 Å². The molecule has 0 radical (unpaired) electrons. The molecule has 1 aromatic carbocycles. The van der Waals surface area contributed by atoms with Crippen molar-refractivity contribution in [2.45, 2.75) is 13.1 Å². The molecule has 17 heavy (non-hydrogen) atoms. The lowest BCUT2D eigenvalue weighted by Gasteiger charge is -2.05. The zero-order valence-corrected chi connectivity index (χ0v) is 9.78. The van der Waals surface area contributed by atoms with Crippen LogP contribution in [0.3, 0.4) is 0 Å². The lowest BCUT2D eigenvalue weighted by Crippen LogP contribution is -2.14. The first kappa shape index (κ1) is 12.0. The highest BCUT2D eigenvalue weighted by atomic mass is 35.5.